The number of nitrogens with zero attached hydrogens (tertiary/aromatic N) is 6. The fourth-order valence-corrected chi connectivity index (χ4v) is 19.2. The van der Waals surface area contributed by atoms with Crippen molar-refractivity contribution in [2.45, 2.75) is 0 Å². The molecule has 0 saturated carbocycles. The van der Waals surface area contributed by atoms with Crippen molar-refractivity contribution in [3.63, 3.8) is 0 Å². The average Bonchev–Trinajstić information content (AvgIpc) is 0.747. The molecule has 654 valence electrons. The molecule has 6 heteroatoms. The van der Waals surface area contributed by atoms with Gasteiger partial charge in [-0.05, 0) is 300 Å². The van der Waals surface area contributed by atoms with E-state index in [-0.39, 0.29) is 0 Å². The molecule has 0 aliphatic heterocycles. The Balaban J connectivity index is 0.000000117. The minimum Gasteiger partial charge on any atom is -0.310 e. The van der Waals surface area contributed by atoms with Gasteiger partial charge in [-0.15, -0.1) is 0 Å². The van der Waals surface area contributed by atoms with E-state index in [4.69, 9.17) is 9.97 Å². The van der Waals surface area contributed by atoms with Crippen LogP contribution in [-0.4, -0.2) is 15.0 Å². The van der Waals surface area contributed by atoms with Crippen molar-refractivity contribution in [3.05, 3.63) is 559 Å². The highest BCUT2D eigenvalue weighted by Crippen LogP contribution is 2.46. The quantitative estimate of drug-likeness (QED) is 0.0853. The molecule has 139 heavy (non-hydrogen) atoms. The van der Waals surface area contributed by atoms with Gasteiger partial charge in [-0.25, -0.2) is 0 Å². The molecule has 0 atom stereocenters. The number of hydrogen-bond acceptors (Lipinski definition) is 6. The topological polar surface area (TPSA) is 48.4 Å². The fraction of sp³-hybridized carbons (Fsp3) is 0. The van der Waals surface area contributed by atoms with Crippen LogP contribution in [0, 0.1) is 0 Å². The molecular weight excluding hydrogens is 1680 g/mol. The molecule has 6 nitrogen and oxygen atoms in total. The molecule has 25 rings (SSSR count). The predicted octanol–water partition coefficient (Wildman–Crippen LogP) is 36.7. The van der Waals surface area contributed by atoms with Crippen molar-refractivity contribution in [1.29, 1.82) is 0 Å². The van der Waals surface area contributed by atoms with Gasteiger partial charge in [0.2, 0.25) is 0 Å². The zero-order valence-electron chi connectivity index (χ0n) is 76.3. The second-order valence-corrected chi connectivity index (χ2v) is 35.1. The minimum absolute atomic E-state index is 0.894. The van der Waals surface area contributed by atoms with Crippen LogP contribution in [0.4, 0.5) is 51.2 Å². The van der Waals surface area contributed by atoms with Crippen LogP contribution in [0.25, 0.3) is 176 Å². The lowest BCUT2D eigenvalue weighted by Crippen LogP contribution is -2.10. The first-order chi connectivity index (χ1) is 68.8. The Bertz CT molecular complexity index is 8110. The second-order valence-electron chi connectivity index (χ2n) is 35.1. The van der Waals surface area contributed by atoms with Crippen LogP contribution in [-0.2, 0) is 0 Å². The fourth-order valence-electron chi connectivity index (χ4n) is 19.2. The molecule has 3 aromatic heterocycles. The highest BCUT2D eigenvalue weighted by molar-refractivity contribution is 6.08. The molecule has 0 bridgehead atoms. The number of fused-ring (bicyclic) bond motifs is 7. The van der Waals surface area contributed by atoms with Crippen LogP contribution in [0.2, 0.25) is 0 Å². The van der Waals surface area contributed by atoms with Crippen molar-refractivity contribution in [1.82, 2.24) is 15.0 Å². The maximum absolute atomic E-state index is 4.95. The number of anilines is 9. The maximum atomic E-state index is 4.95. The Kier molecular flexibility index (Phi) is 23.5. The molecule has 0 fully saturated rings. The van der Waals surface area contributed by atoms with Gasteiger partial charge in [0, 0.05) is 63.0 Å². The molecule has 0 aliphatic carbocycles. The van der Waals surface area contributed by atoms with Gasteiger partial charge in [0.15, 0.2) is 0 Å². The molecular formula is C133H92N6. The van der Waals surface area contributed by atoms with E-state index in [0.717, 1.165) is 73.7 Å². The van der Waals surface area contributed by atoms with E-state index in [1.165, 1.54) is 153 Å². The zero-order chi connectivity index (χ0) is 92.6. The van der Waals surface area contributed by atoms with Crippen molar-refractivity contribution in [2.75, 3.05) is 14.7 Å². The summed E-state index contributed by atoms with van der Waals surface area (Å²) < 4.78 is 0. The third kappa shape index (κ3) is 18.2. The van der Waals surface area contributed by atoms with E-state index < -0.39 is 0 Å². The average molecular weight is 1770 g/mol. The van der Waals surface area contributed by atoms with Gasteiger partial charge in [0.1, 0.15) is 0 Å². The molecule has 0 unspecified atom stereocenters. The molecule has 25 aromatic rings. The van der Waals surface area contributed by atoms with Crippen molar-refractivity contribution >= 4 is 127 Å². The molecule has 3 heterocycles. The van der Waals surface area contributed by atoms with Crippen LogP contribution in [0.3, 0.4) is 0 Å². The third-order valence-electron chi connectivity index (χ3n) is 26.5. The van der Waals surface area contributed by atoms with E-state index in [0.29, 0.717) is 0 Å². The second kappa shape index (κ2) is 38.6. The van der Waals surface area contributed by atoms with Gasteiger partial charge in [0.25, 0.3) is 0 Å². The summed E-state index contributed by atoms with van der Waals surface area (Å²) >= 11 is 0. The van der Waals surface area contributed by atoms with Crippen LogP contribution in [0.5, 0.6) is 0 Å². The lowest BCUT2D eigenvalue weighted by Gasteiger charge is -2.28. The molecule has 0 N–H and O–H groups in total. The summed E-state index contributed by atoms with van der Waals surface area (Å²) in [5.74, 6) is 0. The lowest BCUT2D eigenvalue weighted by atomic mass is 9.94. The van der Waals surface area contributed by atoms with Gasteiger partial charge < -0.3 is 14.7 Å². The molecule has 0 saturated heterocycles. The number of rotatable bonds is 18. The van der Waals surface area contributed by atoms with Gasteiger partial charge in [-0.1, -0.05) is 382 Å². The van der Waals surface area contributed by atoms with E-state index >= 15 is 0 Å². The zero-order valence-corrected chi connectivity index (χ0v) is 76.3. The summed E-state index contributed by atoms with van der Waals surface area (Å²) in [6.07, 6.45) is 7.54. The van der Waals surface area contributed by atoms with E-state index in [9.17, 15) is 0 Å². The molecule has 0 amide bonds. The van der Waals surface area contributed by atoms with Crippen LogP contribution in [0.1, 0.15) is 0 Å². The minimum atomic E-state index is 0.894. The summed E-state index contributed by atoms with van der Waals surface area (Å²) in [6, 6.07) is 191. The maximum Gasteiger partial charge on any atom is 0.0719 e. The highest BCUT2D eigenvalue weighted by atomic mass is 15.2. The Morgan fingerprint density at radius 1 is 0.137 bits per heavy atom. The third-order valence-corrected chi connectivity index (χ3v) is 26.5. The Morgan fingerprint density at radius 3 is 0.705 bits per heavy atom. The Labute approximate surface area is 809 Å². The van der Waals surface area contributed by atoms with Gasteiger partial charge in [-0.3, -0.25) is 15.0 Å². The normalized spacial score (nSPS) is 11.2. The number of aromatic nitrogens is 3. The monoisotopic (exact) mass is 1770 g/mol. The van der Waals surface area contributed by atoms with Crippen LogP contribution in [0.15, 0.2) is 559 Å². The Morgan fingerprint density at radius 2 is 0.381 bits per heavy atom. The first-order valence-corrected chi connectivity index (χ1v) is 47.3. The van der Waals surface area contributed by atoms with Gasteiger partial charge >= 0.3 is 0 Å². The van der Waals surface area contributed by atoms with Gasteiger partial charge in [0.05, 0.1) is 40.8 Å². The molecule has 0 aliphatic rings. The first-order valence-electron chi connectivity index (χ1n) is 47.3. The summed E-state index contributed by atoms with van der Waals surface area (Å²) in [5, 5.41) is 17.4. The van der Waals surface area contributed by atoms with E-state index in [1.54, 1.807) is 6.20 Å². The standard InChI is InChI=1S/C48H33N.C43H30N2.C42H29N3/c1-2-10-34(11-3-1)37-22-26-43(27-23-37)49(44-28-24-38(25-29-44)41-20-18-35-12-4-6-14-39(35)32-41)48-31-30-45(46-16-8-9-17-47(46)48)42-21-19-36-13-5-7-15-40(36)33-42;1-2-8-31(9-3-1)34-18-22-40(23-19-34)45(41-24-20-35(21-25-41)38-16-14-32-10-4-6-12-36(32)28-38)42-26-27-43(44-30-42)39-17-15-33-11-5-7-13-37(33)29-39;1-3-8-34-26-36(13-11-30(34)6-1)32-15-19-39(20-16-32)45(41-23-24-42(44-29-41)38-10-5-25-43-28-38)40-21-17-33(18-22-40)37-14-12-31-7-2-4-9-35(31)27-37/h1-33H;1-30H;1-29H. The van der Waals surface area contributed by atoms with Crippen LogP contribution >= 0.6 is 0 Å². The number of benzene rings is 22. The Hall–Kier alpha value is -18.5. The lowest BCUT2D eigenvalue weighted by molar-refractivity contribution is 1.22. The first kappa shape index (κ1) is 84.8. The smallest absolute Gasteiger partial charge is 0.0719 e. The molecule has 0 radical (unpaired) electrons. The number of pyridine rings is 3. The summed E-state index contributed by atoms with van der Waals surface area (Å²) in [5.41, 5.74) is 30.4. The highest BCUT2D eigenvalue weighted by Gasteiger charge is 2.22. The van der Waals surface area contributed by atoms with E-state index in [1.807, 2.05) is 30.7 Å². The summed E-state index contributed by atoms with van der Waals surface area (Å²) in [6.45, 7) is 0. The summed E-state index contributed by atoms with van der Waals surface area (Å²) in [7, 11) is 0. The van der Waals surface area contributed by atoms with Crippen molar-refractivity contribution in [2.24, 2.45) is 0 Å². The van der Waals surface area contributed by atoms with Gasteiger partial charge in [-0.2, -0.15) is 0 Å². The van der Waals surface area contributed by atoms with Crippen molar-refractivity contribution in [3.8, 4) is 100 Å². The summed E-state index contributed by atoms with van der Waals surface area (Å²) in [4.78, 5) is 21.0. The predicted molar refractivity (Wildman–Crippen MR) is 588 cm³/mol. The largest absolute Gasteiger partial charge is 0.310 e. The molecule has 0 spiro atoms. The van der Waals surface area contributed by atoms with Crippen LogP contribution < -0.4 is 14.7 Å². The SMILES string of the molecule is c1ccc(-c2ccc(N(c3ccc(-c4ccc5ccccc5c4)cc3)c3ccc(-c4ccc5ccccc5c4)c4ccccc34)cc2)cc1.c1ccc(-c2ccc(N(c3ccc(-c4ccc5ccccc5c4)cc3)c3ccc(-c4ccc5ccccc5c4)nc3)cc2)cc1.c1cncc(-c2ccc(N(c3ccc(-c4ccc5ccccc5c4)cc3)c3ccc(-c4ccc5ccccc5c4)cc3)cn2)c1. The molecule has 22 aromatic carbocycles. The van der Waals surface area contributed by atoms with E-state index in [2.05, 4.69) is 541 Å². The van der Waals surface area contributed by atoms with Crippen molar-refractivity contribution < 1.29 is 0 Å². The number of hydrogen-bond donors (Lipinski definition) is 0.